The lowest BCUT2D eigenvalue weighted by molar-refractivity contribution is 0.0695. The molecule has 3 heterocycles. The van der Waals surface area contributed by atoms with Crippen molar-refractivity contribution in [2.75, 3.05) is 4.90 Å². The van der Waals surface area contributed by atoms with Crippen molar-refractivity contribution in [3.05, 3.63) is 63.7 Å². The van der Waals surface area contributed by atoms with E-state index >= 15 is 0 Å². The highest BCUT2D eigenvalue weighted by Crippen LogP contribution is 2.38. The number of carboxylic acid groups (broad SMARTS) is 1. The van der Waals surface area contributed by atoms with E-state index in [9.17, 15) is 19.1 Å². The molecule has 1 fully saturated rings. The standard InChI is InChI=1S/C19H15FN4O3/c20-14-3-12-16(24(11-1-2-11)7-13(18(12)25)19(26)27)4-17(14)23-6-10-5-21-9-22-15(10)8-23/h3-5,7,9,11H,1-2,6,8H2,(H,26,27). The molecule has 1 aliphatic carbocycles. The smallest absolute Gasteiger partial charge is 0.341 e. The highest BCUT2D eigenvalue weighted by molar-refractivity contribution is 5.93. The molecule has 2 aromatic heterocycles. The number of carboxylic acids is 1. The molecule has 3 aromatic rings. The number of benzene rings is 1. The molecule has 1 N–H and O–H groups in total. The van der Waals surface area contributed by atoms with E-state index in [1.807, 2.05) is 4.90 Å². The van der Waals surface area contributed by atoms with Gasteiger partial charge >= 0.3 is 5.97 Å². The van der Waals surface area contributed by atoms with Crippen LogP contribution < -0.4 is 10.3 Å². The summed E-state index contributed by atoms with van der Waals surface area (Å²) >= 11 is 0. The minimum Gasteiger partial charge on any atom is -0.477 e. The van der Waals surface area contributed by atoms with Gasteiger partial charge in [0.05, 0.1) is 23.4 Å². The van der Waals surface area contributed by atoms with E-state index < -0.39 is 17.2 Å². The van der Waals surface area contributed by atoms with E-state index in [2.05, 4.69) is 9.97 Å². The van der Waals surface area contributed by atoms with Crippen LogP contribution in [-0.2, 0) is 13.1 Å². The van der Waals surface area contributed by atoms with Gasteiger partial charge in [-0.05, 0) is 25.0 Å². The van der Waals surface area contributed by atoms with E-state index in [4.69, 9.17) is 0 Å². The van der Waals surface area contributed by atoms with Crippen LogP contribution in [0.1, 0.15) is 40.5 Å². The first-order valence-electron chi connectivity index (χ1n) is 8.67. The van der Waals surface area contributed by atoms with Crippen LogP contribution in [0, 0.1) is 5.82 Å². The molecule has 2 aliphatic rings. The number of hydrogen-bond acceptors (Lipinski definition) is 5. The average molecular weight is 366 g/mol. The fourth-order valence-corrected chi connectivity index (χ4v) is 3.68. The molecule has 1 aliphatic heterocycles. The normalized spacial score (nSPS) is 16.0. The Morgan fingerprint density at radius 1 is 1.26 bits per heavy atom. The SMILES string of the molecule is O=C(O)c1cn(C2CC2)c2cc(N3Cc4cncnc4C3)c(F)cc2c1=O. The largest absolute Gasteiger partial charge is 0.477 e. The Kier molecular flexibility index (Phi) is 3.30. The first-order chi connectivity index (χ1) is 13.0. The number of pyridine rings is 1. The summed E-state index contributed by atoms with van der Waals surface area (Å²) in [5, 5.41) is 9.42. The molecule has 0 unspecified atom stereocenters. The van der Waals surface area contributed by atoms with Gasteiger partial charge in [-0.2, -0.15) is 0 Å². The van der Waals surface area contributed by atoms with Crippen molar-refractivity contribution >= 4 is 22.6 Å². The molecule has 1 aromatic carbocycles. The molecule has 0 bridgehead atoms. The van der Waals surface area contributed by atoms with Gasteiger partial charge in [0.2, 0.25) is 5.43 Å². The highest BCUT2D eigenvalue weighted by atomic mass is 19.1. The van der Waals surface area contributed by atoms with Crippen molar-refractivity contribution < 1.29 is 14.3 Å². The van der Waals surface area contributed by atoms with Gasteiger partial charge in [0.25, 0.3) is 0 Å². The van der Waals surface area contributed by atoms with Gasteiger partial charge in [-0.1, -0.05) is 0 Å². The number of rotatable bonds is 3. The van der Waals surface area contributed by atoms with Crippen molar-refractivity contribution in [1.29, 1.82) is 0 Å². The lowest BCUT2D eigenvalue weighted by atomic mass is 10.1. The minimum absolute atomic E-state index is 0.0968. The van der Waals surface area contributed by atoms with E-state index in [1.165, 1.54) is 12.5 Å². The van der Waals surface area contributed by atoms with Crippen LogP contribution in [-0.4, -0.2) is 25.6 Å². The summed E-state index contributed by atoms with van der Waals surface area (Å²) < 4.78 is 16.7. The molecule has 136 valence electrons. The summed E-state index contributed by atoms with van der Waals surface area (Å²) in [6, 6.07) is 2.95. The van der Waals surface area contributed by atoms with Crippen molar-refractivity contribution in [3.63, 3.8) is 0 Å². The fraction of sp³-hybridized carbons (Fsp3) is 0.263. The maximum absolute atomic E-state index is 14.9. The van der Waals surface area contributed by atoms with Crippen LogP contribution in [0.5, 0.6) is 0 Å². The summed E-state index contributed by atoms with van der Waals surface area (Å²) in [7, 11) is 0. The van der Waals surface area contributed by atoms with Crippen LogP contribution in [0.25, 0.3) is 10.9 Å². The zero-order chi connectivity index (χ0) is 18.7. The van der Waals surface area contributed by atoms with Gasteiger partial charge in [0.1, 0.15) is 17.7 Å². The number of aromatic carboxylic acids is 1. The van der Waals surface area contributed by atoms with Crippen molar-refractivity contribution in [2.45, 2.75) is 32.0 Å². The third kappa shape index (κ3) is 2.48. The Labute approximate surface area is 152 Å². The summed E-state index contributed by atoms with van der Waals surface area (Å²) in [5.41, 5.74) is 1.74. The van der Waals surface area contributed by atoms with Crippen molar-refractivity contribution in [3.8, 4) is 0 Å². The Hall–Kier alpha value is -3.29. The van der Waals surface area contributed by atoms with Gasteiger partial charge < -0.3 is 14.6 Å². The van der Waals surface area contributed by atoms with E-state index in [0.29, 0.717) is 24.3 Å². The van der Waals surface area contributed by atoms with Crippen LogP contribution in [0.4, 0.5) is 10.1 Å². The maximum atomic E-state index is 14.9. The zero-order valence-electron chi connectivity index (χ0n) is 14.2. The molecule has 0 spiro atoms. The number of aromatic nitrogens is 3. The number of halogens is 1. The Morgan fingerprint density at radius 3 is 2.78 bits per heavy atom. The second-order valence-electron chi connectivity index (χ2n) is 6.99. The molecule has 7 nitrogen and oxygen atoms in total. The Morgan fingerprint density at radius 2 is 2.07 bits per heavy atom. The Balaban J connectivity index is 1.69. The lowest BCUT2D eigenvalue weighted by Crippen LogP contribution is -2.21. The molecule has 0 atom stereocenters. The summed E-state index contributed by atoms with van der Waals surface area (Å²) in [6.45, 7) is 0.945. The summed E-state index contributed by atoms with van der Waals surface area (Å²) in [4.78, 5) is 34.0. The van der Waals surface area contributed by atoms with Gasteiger partial charge in [0.15, 0.2) is 0 Å². The van der Waals surface area contributed by atoms with Crippen LogP contribution >= 0.6 is 0 Å². The second-order valence-corrected chi connectivity index (χ2v) is 6.99. The van der Waals surface area contributed by atoms with Gasteiger partial charge in [-0.3, -0.25) is 4.79 Å². The van der Waals surface area contributed by atoms with Crippen LogP contribution in [0.3, 0.4) is 0 Å². The lowest BCUT2D eigenvalue weighted by Gasteiger charge is -2.20. The molecule has 1 saturated carbocycles. The predicted octanol–water partition coefficient (Wildman–Crippen LogP) is 2.48. The molecule has 5 rings (SSSR count). The number of anilines is 1. The third-order valence-electron chi connectivity index (χ3n) is 5.20. The Bertz CT molecular complexity index is 1140. The van der Waals surface area contributed by atoms with E-state index in [0.717, 1.165) is 30.2 Å². The number of carbonyl (C=O) groups is 1. The third-order valence-corrected chi connectivity index (χ3v) is 5.20. The van der Waals surface area contributed by atoms with Gasteiger partial charge in [0, 0.05) is 35.9 Å². The zero-order valence-corrected chi connectivity index (χ0v) is 14.2. The predicted molar refractivity (Wildman–Crippen MR) is 95.3 cm³/mol. The van der Waals surface area contributed by atoms with Crippen molar-refractivity contribution in [1.82, 2.24) is 14.5 Å². The number of fused-ring (bicyclic) bond motifs is 2. The first kappa shape index (κ1) is 15.9. The fourth-order valence-electron chi connectivity index (χ4n) is 3.68. The van der Waals surface area contributed by atoms with Crippen LogP contribution in [0.15, 0.2) is 35.6 Å². The van der Waals surface area contributed by atoms with Gasteiger partial charge in [-0.15, -0.1) is 0 Å². The summed E-state index contributed by atoms with van der Waals surface area (Å²) in [6.07, 6.45) is 6.40. The maximum Gasteiger partial charge on any atom is 0.341 e. The van der Waals surface area contributed by atoms with E-state index in [1.54, 1.807) is 16.8 Å². The average Bonchev–Trinajstić information content (AvgIpc) is 3.39. The topological polar surface area (TPSA) is 88.3 Å². The quantitative estimate of drug-likeness (QED) is 0.766. The van der Waals surface area contributed by atoms with E-state index in [-0.39, 0.29) is 17.0 Å². The molecule has 8 heteroatoms. The van der Waals surface area contributed by atoms with Crippen LogP contribution in [0.2, 0.25) is 0 Å². The second kappa shape index (κ2) is 5.60. The molecular weight excluding hydrogens is 351 g/mol. The first-order valence-corrected chi connectivity index (χ1v) is 8.67. The monoisotopic (exact) mass is 366 g/mol. The number of nitrogens with zero attached hydrogens (tertiary/aromatic N) is 4. The highest BCUT2D eigenvalue weighted by Gasteiger charge is 2.29. The molecule has 0 amide bonds. The molecule has 27 heavy (non-hydrogen) atoms. The van der Waals surface area contributed by atoms with Gasteiger partial charge in [-0.25, -0.2) is 19.2 Å². The molecule has 0 radical (unpaired) electrons. The molecular formula is C19H15FN4O3. The minimum atomic E-state index is -1.30. The van der Waals surface area contributed by atoms with Crippen molar-refractivity contribution in [2.24, 2.45) is 0 Å². The molecule has 0 saturated heterocycles. The summed E-state index contributed by atoms with van der Waals surface area (Å²) in [5.74, 6) is -1.85. The number of hydrogen-bond donors (Lipinski definition) is 1.